The Morgan fingerprint density at radius 1 is 0.846 bits per heavy atom. The molecule has 0 amide bonds. The van der Waals surface area contributed by atoms with Gasteiger partial charge in [0.05, 0.1) is 11.0 Å². The number of allylic oxidation sites excluding steroid dienone is 5. The zero-order chi connectivity index (χ0) is 17.9. The van der Waals surface area contributed by atoms with E-state index in [9.17, 15) is 0 Å². The molecule has 26 heavy (non-hydrogen) atoms. The summed E-state index contributed by atoms with van der Waals surface area (Å²) in [5, 5.41) is 2.55. The van der Waals surface area contributed by atoms with Crippen LogP contribution >= 0.6 is 0 Å². The monoisotopic (exact) mass is 335 g/mol. The third-order valence-electron chi connectivity index (χ3n) is 4.67. The van der Waals surface area contributed by atoms with Gasteiger partial charge in [0.25, 0.3) is 0 Å². The molecule has 1 nitrogen and oxygen atoms in total. The van der Waals surface area contributed by atoms with E-state index in [1.54, 1.807) is 0 Å². The summed E-state index contributed by atoms with van der Waals surface area (Å²) in [4.78, 5) is 0. The van der Waals surface area contributed by atoms with Gasteiger partial charge in [-0.25, -0.2) is 0 Å². The molecule has 0 saturated carbocycles. The van der Waals surface area contributed by atoms with Crippen LogP contribution in [0.25, 0.3) is 33.1 Å². The molecule has 4 rings (SSSR count). The lowest BCUT2D eigenvalue weighted by atomic mass is 10.0. The Hall–Kier alpha value is -3.32. The largest absolute Gasteiger partial charge is 0.309 e. The lowest BCUT2D eigenvalue weighted by molar-refractivity contribution is 1.18. The normalized spacial score (nSPS) is 12.3. The number of rotatable bonds is 4. The smallest absolute Gasteiger partial charge is 0.0547 e. The first-order chi connectivity index (χ1) is 12.8. The molecular weight excluding hydrogens is 314 g/mol. The molecule has 0 atom stereocenters. The van der Waals surface area contributed by atoms with Gasteiger partial charge in [0.2, 0.25) is 0 Å². The highest BCUT2D eigenvalue weighted by Gasteiger charge is 2.12. The molecule has 1 heteroatoms. The van der Waals surface area contributed by atoms with Crippen LogP contribution < -0.4 is 0 Å². The van der Waals surface area contributed by atoms with Gasteiger partial charge in [0, 0.05) is 16.5 Å². The quantitative estimate of drug-likeness (QED) is 0.356. The van der Waals surface area contributed by atoms with Crippen LogP contribution in [0.4, 0.5) is 0 Å². The second kappa shape index (κ2) is 6.89. The maximum absolute atomic E-state index is 3.85. The van der Waals surface area contributed by atoms with Crippen LogP contribution in [-0.2, 0) is 0 Å². The SMILES string of the molecule is C=C/C=C(\C=C/C)c1ccc2c3ccccc3n(-c3ccccc3)c2c1. The van der Waals surface area contributed by atoms with Gasteiger partial charge >= 0.3 is 0 Å². The van der Waals surface area contributed by atoms with Crippen molar-refractivity contribution >= 4 is 27.4 Å². The van der Waals surface area contributed by atoms with Gasteiger partial charge in [-0.15, -0.1) is 0 Å². The van der Waals surface area contributed by atoms with Crippen LogP contribution in [0.1, 0.15) is 12.5 Å². The number of nitrogens with zero attached hydrogens (tertiary/aromatic N) is 1. The number of hydrogen-bond donors (Lipinski definition) is 0. The van der Waals surface area contributed by atoms with Crippen molar-refractivity contribution in [3.63, 3.8) is 0 Å². The van der Waals surface area contributed by atoms with Crippen molar-refractivity contribution in [2.24, 2.45) is 0 Å². The van der Waals surface area contributed by atoms with Crippen LogP contribution in [0.5, 0.6) is 0 Å². The Balaban J connectivity index is 2.08. The van der Waals surface area contributed by atoms with Gasteiger partial charge in [-0.1, -0.05) is 79.4 Å². The molecular formula is C25H21N. The number of para-hydroxylation sites is 2. The maximum Gasteiger partial charge on any atom is 0.0547 e. The highest BCUT2D eigenvalue weighted by molar-refractivity contribution is 6.10. The summed E-state index contributed by atoms with van der Waals surface area (Å²) in [5.74, 6) is 0. The molecule has 0 aliphatic rings. The fourth-order valence-corrected chi connectivity index (χ4v) is 3.56. The standard InChI is InChI=1S/C25H21N/c1-3-10-19(11-4-2)20-16-17-23-22-14-8-9-15-24(22)26(25(23)18-20)21-12-6-5-7-13-21/h3-18H,1H2,2H3/b11-4-,19-10+. The van der Waals surface area contributed by atoms with E-state index in [4.69, 9.17) is 0 Å². The maximum atomic E-state index is 3.85. The fraction of sp³-hybridized carbons (Fsp3) is 0.0400. The summed E-state index contributed by atoms with van der Waals surface area (Å²) in [6.45, 7) is 5.89. The van der Waals surface area contributed by atoms with Crippen LogP contribution in [-0.4, -0.2) is 4.57 Å². The minimum absolute atomic E-state index is 1.16. The minimum Gasteiger partial charge on any atom is -0.309 e. The summed E-state index contributed by atoms with van der Waals surface area (Å²) in [6.07, 6.45) is 8.08. The van der Waals surface area contributed by atoms with Crippen molar-refractivity contribution in [3.05, 3.63) is 109 Å². The topological polar surface area (TPSA) is 4.93 Å². The lowest BCUT2D eigenvalue weighted by Crippen LogP contribution is -1.93. The fourth-order valence-electron chi connectivity index (χ4n) is 3.56. The predicted molar refractivity (Wildman–Crippen MR) is 114 cm³/mol. The summed E-state index contributed by atoms with van der Waals surface area (Å²) in [5.41, 5.74) is 5.97. The van der Waals surface area contributed by atoms with Gasteiger partial charge in [0.1, 0.15) is 0 Å². The first-order valence-electron chi connectivity index (χ1n) is 8.88. The van der Waals surface area contributed by atoms with Gasteiger partial charge in [-0.3, -0.25) is 0 Å². The lowest BCUT2D eigenvalue weighted by Gasteiger charge is -2.09. The van der Waals surface area contributed by atoms with Gasteiger partial charge < -0.3 is 4.57 Å². The van der Waals surface area contributed by atoms with Crippen molar-refractivity contribution in [1.82, 2.24) is 4.57 Å². The van der Waals surface area contributed by atoms with Crippen molar-refractivity contribution in [2.75, 3.05) is 0 Å². The number of aromatic nitrogens is 1. The first kappa shape index (κ1) is 16.2. The molecule has 3 aromatic carbocycles. The summed E-state index contributed by atoms with van der Waals surface area (Å²) >= 11 is 0. The van der Waals surface area contributed by atoms with Gasteiger partial charge in [-0.2, -0.15) is 0 Å². The van der Waals surface area contributed by atoms with Crippen molar-refractivity contribution in [2.45, 2.75) is 6.92 Å². The molecule has 0 aliphatic carbocycles. The van der Waals surface area contributed by atoms with Crippen LogP contribution in [0, 0.1) is 0 Å². The van der Waals surface area contributed by atoms with Crippen molar-refractivity contribution in [1.29, 1.82) is 0 Å². The van der Waals surface area contributed by atoms with Crippen LogP contribution in [0.15, 0.2) is 104 Å². The van der Waals surface area contributed by atoms with E-state index in [1.165, 1.54) is 33.1 Å². The van der Waals surface area contributed by atoms with E-state index in [-0.39, 0.29) is 0 Å². The number of benzene rings is 3. The highest BCUT2D eigenvalue weighted by Crippen LogP contribution is 2.33. The minimum atomic E-state index is 1.16. The predicted octanol–water partition coefficient (Wildman–Crippen LogP) is 6.93. The zero-order valence-electron chi connectivity index (χ0n) is 14.9. The Kier molecular flexibility index (Phi) is 4.28. The van der Waals surface area contributed by atoms with E-state index in [0.717, 1.165) is 5.57 Å². The molecule has 0 radical (unpaired) electrons. The molecule has 0 fully saturated rings. The van der Waals surface area contributed by atoms with Crippen molar-refractivity contribution < 1.29 is 0 Å². The Morgan fingerprint density at radius 2 is 1.58 bits per heavy atom. The molecule has 0 saturated heterocycles. The third-order valence-corrected chi connectivity index (χ3v) is 4.67. The van der Waals surface area contributed by atoms with E-state index in [1.807, 2.05) is 13.0 Å². The Bertz CT molecular complexity index is 1140. The van der Waals surface area contributed by atoms with E-state index in [2.05, 4.69) is 102 Å². The summed E-state index contributed by atoms with van der Waals surface area (Å²) < 4.78 is 2.34. The van der Waals surface area contributed by atoms with E-state index in [0.29, 0.717) is 0 Å². The third kappa shape index (κ3) is 2.68. The molecule has 1 heterocycles. The van der Waals surface area contributed by atoms with E-state index < -0.39 is 0 Å². The Morgan fingerprint density at radius 3 is 2.35 bits per heavy atom. The molecule has 1 aromatic heterocycles. The van der Waals surface area contributed by atoms with Gasteiger partial charge in [-0.05, 0) is 42.3 Å². The first-order valence-corrected chi connectivity index (χ1v) is 8.88. The highest BCUT2D eigenvalue weighted by atomic mass is 15.0. The molecule has 126 valence electrons. The number of fused-ring (bicyclic) bond motifs is 3. The van der Waals surface area contributed by atoms with Gasteiger partial charge in [0.15, 0.2) is 0 Å². The Labute approximate surface area is 154 Å². The average Bonchev–Trinajstić information content (AvgIpc) is 3.02. The van der Waals surface area contributed by atoms with E-state index >= 15 is 0 Å². The molecule has 0 bridgehead atoms. The second-order valence-electron chi connectivity index (χ2n) is 6.28. The van der Waals surface area contributed by atoms with Crippen molar-refractivity contribution in [3.8, 4) is 5.69 Å². The van der Waals surface area contributed by atoms with Crippen LogP contribution in [0.3, 0.4) is 0 Å². The molecule has 4 aromatic rings. The number of hydrogen-bond acceptors (Lipinski definition) is 0. The molecule has 0 spiro atoms. The molecule has 0 aliphatic heterocycles. The zero-order valence-corrected chi connectivity index (χ0v) is 14.9. The summed E-state index contributed by atoms with van der Waals surface area (Å²) in [7, 11) is 0. The molecule has 0 N–H and O–H groups in total. The average molecular weight is 335 g/mol. The second-order valence-corrected chi connectivity index (χ2v) is 6.28. The van der Waals surface area contributed by atoms with Crippen LogP contribution in [0.2, 0.25) is 0 Å². The summed E-state index contributed by atoms with van der Waals surface area (Å²) in [6, 6.07) is 25.8. The molecule has 0 unspecified atom stereocenters.